The minimum atomic E-state index is -0.347. The first-order valence-corrected chi connectivity index (χ1v) is 10.4. The van der Waals surface area contributed by atoms with Gasteiger partial charge < -0.3 is 5.32 Å². The summed E-state index contributed by atoms with van der Waals surface area (Å²) < 4.78 is 17.8. The van der Waals surface area contributed by atoms with Crippen molar-refractivity contribution in [3.8, 4) is 5.69 Å². The highest BCUT2D eigenvalue weighted by Gasteiger charge is 2.27. The zero-order valence-corrected chi connectivity index (χ0v) is 17.0. The standard InChI is InChI=1S/C24H22FN5O/c25-20-9-1-2-10-22(20)30-21-11-4-8-19(21)23(28-30)24(31)26-15-17-6-3-7-18(14-17)16-29-13-5-12-27-29/h1-3,5-7,9-10,12-14H,4,8,11,15-16H2,(H,26,31). The van der Waals surface area contributed by atoms with Crippen LogP contribution in [0.2, 0.25) is 0 Å². The number of aromatic nitrogens is 4. The molecule has 6 nitrogen and oxygen atoms in total. The minimum Gasteiger partial charge on any atom is -0.347 e. The van der Waals surface area contributed by atoms with Crippen LogP contribution in [0.3, 0.4) is 0 Å². The van der Waals surface area contributed by atoms with Gasteiger partial charge in [0, 0.05) is 30.2 Å². The molecule has 2 aromatic carbocycles. The van der Waals surface area contributed by atoms with Gasteiger partial charge in [0.15, 0.2) is 5.69 Å². The van der Waals surface area contributed by atoms with Crippen molar-refractivity contribution in [3.05, 3.63) is 101 Å². The van der Waals surface area contributed by atoms with E-state index in [-0.39, 0.29) is 11.7 Å². The van der Waals surface area contributed by atoms with Gasteiger partial charge in [-0.15, -0.1) is 0 Å². The second-order valence-corrected chi connectivity index (χ2v) is 7.70. The van der Waals surface area contributed by atoms with Crippen molar-refractivity contribution in [1.82, 2.24) is 24.9 Å². The number of benzene rings is 2. The summed E-state index contributed by atoms with van der Waals surface area (Å²) in [6, 6.07) is 16.5. The van der Waals surface area contributed by atoms with Gasteiger partial charge in [-0.25, -0.2) is 9.07 Å². The van der Waals surface area contributed by atoms with Crippen molar-refractivity contribution in [1.29, 1.82) is 0 Å². The van der Waals surface area contributed by atoms with Crippen LogP contribution in [0.15, 0.2) is 67.0 Å². The molecule has 5 rings (SSSR count). The van der Waals surface area contributed by atoms with Crippen molar-refractivity contribution in [3.63, 3.8) is 0 Å². The van der Waals surface area contributed by atoms with Gasteiger partial charge in [-0.3, -0.25) is 9.48 Å². The predicted octanol–water partition coefficient (Wildman–Crippen LogP) is 3.67. The van der Waals surface area contributed by atoms with Gasteiger partial charge in [0.2, 0.25) is 0 Å². The molecule has 4 aromatic rings. The molecule has 0 radical (unpaired) electrons. The number of amides is 1. The van der Waals surface area contributed by atoms with Crippen LogP contribution in [0.4, 0.5) is 4.39 Å². The molecule has 2 heterocycles. The van der Waals surface area contributed by atoms with E-state index in [2.05, 4.69) is 21.6 Å². The molecule has 0 unspecified atom stereocenters. The SMILES string of the molecule is O=C(NCc1cccc(Cn2cccn2)c1)c1nn(-c2ccccc2F)c2c1CCC2. The Morgan fingerprint density at radius 3 is 2.77 bits per heavy atom. The fraction of sp³-hybridized carbons (Fsp3) is 0.208. The molecule has 0 aliphatic heterocycles. The first-order chi connectivity index (χ1) is 15.2. The van der Waals surface area contributed by atoms with Gasteiger partial charge in [0.1, 0.15) is 11.5 Å². The summed E-state index contributed by atoms with van der Waals surface area (Å²) in [6.07, 6.45) is 6.19. The number of rotatable bonds is 6. The molecule has 1 amide bonds. The van der Waals surface area contributed by atoms with Crippen molar-refractivity contribution >= 4 is 5.91 Å². The smallest absolute Gasteiger partial charge is 0.272 e. The topological polar surface area (TPSA) is 64.7 Å². The number of nitrogens with one attached hydrogen (secondary N) is 1. The van der Waals surface area contributed by atoms with Crippen LogP contribution in [-0.2, 0) is 25.9 Å². The Kier molecular flexibility index (Phi) is 5.08. The highest BCUT2D eigenvalue weighted by molar-refractivity contribution is 5.94. The summed E-state index contributed by atoms with van der Waals surface area (Å²) in [5, 5.41) is 11.7. The largest absolute Gasteiger partial charge is 0.347 e. The van der Waals surface area contributed by atoms with Crippen molar-refractivity contribution in [2.75, 3.05) is 0 Å². The summed E-state index contributed by atoms with van der Waals surface area (Å²) >= 11 is 0. The second-order valence-electron chi connectivity index (χ2n) is 7.70. The van der Waals surface area contributed by atoms with E-state index in [1.165, 1.54) is 6.07 Å². The van der Waals surface area contributed by atoms with Gasteiger partial charge in [0.25, 0.3) is 5.91 Å². The number of hydrogen-bond acceptors (Lipinski definition) is 3. The molecule has 0 fully saturated rings. The molecule has 1 N–H and O–H groups in total. The summed E-state index contributed by atoms with van der Waals surface area (Å²) in [4.78, 5) is 13.0. The van der Waals surface area contributed by atoms with Gasteiger partial charge in [0.05, 0.1) is 6.54 Å². The lowest BCUT2D eigenvalue weighted by molar-refractivity contribution is 0.0944. The van der Waals surface area contributed by atoms with Crippen LogP contribution in [0, 0.1) is 5.82 Å². The number of carbonyl (C=O) groups is 1. The lowest BCUT2D eigenvalue weighted by Gasteiger charge is -2.08. The third-order valence-electron chi connectivity index (χ3n) is 5.57. The third kappa shape index (κ3) is 3.86. The molecule has 156 valence electrons. The van der Waals surface area contributed by atoms with Gasteiger partial charge >= 0.3 is 0 Å². The lowest BCUT2D eigenvalue weighted by atomic mass is 10.1. The van der Waals surface area contributed by atoms with Crippen LogP contribution in [0.25, 0.3) is 5.69 Å². The molecular formula is C24H22FN5O. The van der Waals surface area contributed by atoms with Crippen LogP contribution in [0.1, 0.15) is 39.3 Å². The molecule has 7 heteroatoms. The molecule has 1 aliphatic rings. The zero-order chi connectivity index (χ0) is 21.2. The minimum absolute atomic E-state index is 0.231. The van der Waals surface area contributed by atoms with Gasteiger partial charge in [-0.05, 0) is 48.6 Å². The lowest BCUT2D eigenvalue weighted by Crippen LogP contribution is -2.24. The summed E-state index contributed by atoms with van der Waals surface area (Å²) in [6.45, 7) is 1.07. The Balaban J connectivity index is 1.34. The van der Waals surface area contributed by atoms with Crippen molar-refractivity contribution in [2.24, 2.45) is 0 Å². The maximum absolute atomic E-state index is 14.3. The highest BCUT2D eigenvalue weighted by atomic mass is 19.1. The number of hydrogen-bond donors (Lipinski definition) is 1. The molecule has 0 bridgehead atoms. The summed E-state index contributed by atoms with van der Waals surface area (Å²) in [5.41, 5.74) is 4.74. The van der Waals surface area contributed by atoms with E-state index in [1.54, 1.807) is 29.1 Å². The van der Waals surface area contributed by atoms with Crippen LogP contribution >= 0.6 is 0 Å². The van der Waals surface area contributed by atoms with E-state index in [0.29, 0.717) is 24.5 Å². The number of para-hydroxylation sites is 1. The van der Waals surface area contributed by atoms with E-state index >= 15 is 0 Å². The van der Waals surface area contributed by atoms with Crippen LogP contribution < -0.4 is 5.32 Å². The number of fused-ring (bicyclic) bond motifs is 1. The van der Waals surface area contributed by atoms with Crippen molar-refractivity contribution < 1.29 is 9.18 Å². The third-order valence-corrected chi connectivity index (χ3v) is 5.57. The molecular weight excluding hydrogens is 393 g/mol. The first-order valence-electron chi connectivity index (χ1n) is 10.4. The molecule has 0 saturated heterocycles. The Morgan fingerprint density at radius 1 is 1.06 bits per heavy atom. The quantitative estimate of drug-likeness (QED) is 0.523. The maximum atomic E-state index is 14.3. The van der Waals surface area contributed by atoms with E-state index in [1.807, 2.05) is 35.1 Å². The van der Waals surface area contributed by atoms with Gasteiger partial charge in [-0.2, -0.15) is 10.2 Å². The highest BCUT2D eigenvalue weighted by Crippen LogP contribution is 2.28. The molecule has 2 aromatic heterocycles. The Morgan fingerprint density at radius 2 is 1.94 bits per heavy atom. The number of carbonyl (C=O) groups excluding carboxylic acids is 1. The monoisotopic (exact) mass is 415 g/mol. The normalized spacial score (nSPS) is 12.7. The van der Waals surface area contributed by atoms with E-state index in [4.69, 9.17) is 0 Å². The number of halogens is 1. The zero-order valence-electron chi connectivity index (χ0n) is 17.0. The Bertz CT molecular complexity index is 1230. The molecule has 31 heavy (non-hydrogen) atoms. The average Bonchev–Trinajstić information content (AvgIpc) is 3.51. The number of nitrogens with zero attached hydrogens (tertiary/aromatic N) is 4. The summed E-state index contributed by atoms with van der Waals surface area (Å²) in [5.74, 6) is -0.577. The Labute approximate surface area is 179 Å². The molecule has 0 atom stereocenters. The second kappa shape index (κ2) is 8.18. The Hall–Kier alpha value is -3.74. The maximum Gasteiger partial charge on any atom is 0.272 e. The molecule has 0 spiro atoms. The molecule has 1 aliphatic carbocycles. The van der Waals surface area contributed by atoms with Crippen LogP contribution in [-0.4, -0.2) is 25.5 Å². The van der Waals surface area contributed by atoms with Gasteiger partial charge in [-0.1, -0.05) is 36.4 Å². The summed E-state index contributed by atoms with van der Waals surface area (Å²) in [7, 11) is 0. The average molecular weight is 415 g/mol. The van der Waals surface area contributed by atoms with E-state index in [9.17, 15) is 9.18 Å². The molecule has 0 saturated carbocycles. The van der Waals surface area contributed by atoms with Crippen molar-refractivity contribution in [2.45, 2.75) is 32.4 Å². The van der Waals surface area contributed by atoms with E-state index in [0.717, 1.165) is 41.6 Å². The van der Waals surface area contributed by atoms with E-state index < -0.39 is 0 Å². The fourth-order valence-electron chi connectivity index (χ4n) is 4.13. The predicted molar refractivity (Wildman–Crippen MR) is 114 cm³/mol. The van der Waals surface area contributed by atoms with Crippen LogP contribution in [0.5, 0.6) is 0 Å². The fourth-order valence-corrected chi connectivity index (χ4v) is 4.13. The first kappa shape index (κ1) is 19.2.